The number of carbonyl (C=O) groups excluding carboxylic acids is 1. The topological polar surface area (TPSA) is 38.3 Å². The predicted octanol–water partition coefficient (Wildman–Crippen LogP) is 4.36. The Labute approximate surface area is 130 Å². The Balaban J connectivity index is 1.94. The monoisotopic (exact) mass is 301 g/mol. The number of nitrogens with one attached hydrogen (secondary N) is 1. The van der Waals surface area contributed by atoms with Crippen LogP contribution in [0, 0.1) is 5.82 Å². The van der Waals surface area contributed by atoms with Crippen LogP contribution in [0.25, 0.3) is 0 Å². The molecule has 1 amide bonds. The highest BCUT2D eigenvalue weighted by Gasteiger charge is 2.15. The van der Waals surface area contributed by atoms with E-state index in [1.165, 1.54) is 29.8 Å². The lowest BCUT2D eigenvalue weighted by Gasteiger charge is -2.15. The van der Waals surface area contributed by atoms with Gasteiger partial charge >= 0.3 is 0 Å². The summed E-state index contributed by atoms with van der Waals surface area (Å²) < 4.78 is 18.4. The number of hydrogen-bond donors (Lipinski definition) is 1. The van der Waals surface area contributed by atoms with Crippen molar-refractivity contribution in [3.05, 3.63) is 59.9 Å². The minimum atomic E-state index is -0.644. The Morgan fingerprint density at radius 2 is 1.59 bits per heavy atom. The van der Waals surface area contributed by atoms with Gasteiger partial charge in [0, 0.05) is 5.69 Å². The summed E-state index contributed by atoms with van der Waals surface area (Å²) in [6, 6.07) is 13.3. The van der Waals surface area contributed by atoms with Gasteiger partial charge in [-0.1, -0.05) is 26.0 Å². The van der Waals surface area contributed by atoms with E-state index in [1.54, 1.807) is 6.92 Å². The molecule has 116 valence electrons. The molecule has 0 aliphatic rings. The first-order valence-electron chi connectivity index (χ1n) is 7.29. The predicted molar refractivity (Wildman–Crippen MR) is 85.7 cm³/mol. The van der Waals surface area contributed by atoms with Gasteiger partial charge in [-0.3, -0.25) is 4.79 Å². The second-order valence-electron chi connectivity index (χ2n) is 5.48. The summed E-state index contributed by atoms with van der Waals surface area (Å²) >= 11 is 0. The van der Waals surface area contributed by atoms with Crippen molar-refractivity contribution in [3.63, 3.8) is 0 Å². The first kappa shape index (κ1) is 16.0. The second-order valence-corrected chi connectivity index (χ2v) is 5.48. The van der Waals surface area contributed by atoms with Gasteiger partial charge in [-0.15, -0.1) is 0 Å². The van der Waals surface area contributed by atoms with E-state index in [4.69, 9.17) is 4.74 Å². The minimum absolute atomic E-state index is 0.278. The van der Waals surface area contributed by atoms with Crippen LogP contribution in [0.15, 0.2) is 48.5 Å². The van der Waals surface area contributed by atoms with Crippen LogP contribution in [0.4, 0.5) is 10.1 Å². The highest BCUT2D eigenvalue weighted by molar-refractivity contribution is 5.94. The Morgan fingerprint density at radius 3 is 2.14 bits per heavy atom. The van der Waals surface area contributed by atoms with Gasteiger partial charge < -0.3 is 10.1 Å². The van der Waals surface area contributed by atoms with Gasteiger partial charge in [0.05, 0.1) is 0 Å². The van der Waals surface area contributed by atoms with Crippen LogP contribution < -0.4 is 10.1 Å². The van der Waals surface area contributed by atoms with Gasteiger partial charge in [-0.05, 0) is 54.8 Å². The van der Waals surface area contributed by atoms with Gasteiger partial charge in [0.15, 0.2) is 6.10 Å². The van der Waals surface area contributed by atoms with E-state index in [1.807, 2.05) is 24.3 Å². The van der Waals surface area contributed by atoms with Crippen LogP contribution in [-0.4, -0.2) is 12.0 Å². The molecule has 0 aliphatic heterocycles. The highest BCUT2D eigenvalue weighted by Crippen LogP contribution is 2.19. The number of hydrogen-bond acceptors (Lipinski definition) is 2. The maximum absolute atomic E-state index is 12.8. The molecule has 0 heterocycles. The molecule has 2 aromatic carbocycles. The Kier molecular flexibility index (Phi) is 5.15. The maximum atomic E-state index is 12.8. The summed E-state index contributed by atoms with van der Waals surface area (Å²) in [5.74, 6) is 0.478. The van der Waals surface area contributed by atoms with Crippen molar-refractivity contribution >= 4 is 11.6 Å². The summed E-state index contributed by atoms with van der Waals surface area (Å²) in [6.45, 7) is 5.92. The average molecular weight is 301 g/mol. The summed E-state index contributed by atoms with van der Waals surface area (Å²) in [7, 11) is 0. The third kappa shape index (κ3) is 4.32. The molecule has 3 nitrogen and oxygen atoms in total. The van der Waals surface area contributed by atoms with Crippen LogP contribution in [0.2, 0.25) is 0 Å². The molecule has 0 aliphatic carbocycles. The first-order chi connectivity index (χ1) is 10.5. The van der Waals surface area contributed by atoms with E-state index < -0.39 is 6.10 Å². The normalized spacial score (nSPS) is 12.0. The number of anilines is 1. The van der Waals surface area contributed by atoms with E-state index in [0.717, 1.165) is 0 Å². The average Bonchev–Trinajstić information content (AvgIpc) is 2.50. The van der Waals surface area contributed by atoms with Gasteiger partial charge in [-0.2, -0.15) is 0 Å². The standard InChI is InChI=1S/C18H20FNO2/c1-12(2)14-4-10-17(11-5-14)22-13(3)18(21)20-16-8-6-15(19)7-9-16/h4-13H,1-3H3,(H,20,21)/t13-/m0/s1. The van der Waals surface area contributed by atoms with E-state index in [2.05, 4.69) is 19.2 Å². The molecule has 0 radical (unpaired) electrons. The molecule has 0 spiro atoms. The zero-order chi connectivity index (χ0) is 16.1. The molecule has 22 heavy (non-hydrogen) atoms. The molecular weight excluding hydrogens is 281 g/mol. The summed E-state index contributed by atoms with van der Waals surface area (Å²) in [5.41, 5.74) is 1.76. The third-order valence-electron chi connectivity index (χ3n) is 3.34. The Morgan fingerprint density at radius 1 is 1.00 bits per heavy atom. The van der Waals surface area contributed by atoms with Gasteiger partial charge in [-0.25, -0.2) is 4.39 Å². The van der Waals surface area contributed by atoms with E-state index in [-0.39, 0.29) is 11.7 Å². The smallest absolute Gasteiger partial charge is 0.265 e. The van der Waals surface area contributed by atoms with Crippen LogP contribution in [0.1, 0.15) is 32.3 Å². The van der Waals surface area contributed by atoms with Crippen molar-refractivity contribution in [2.45, 2.75) is 32.8 Å². The fourth-order valence-electron chi connectivity index (χ4n) is 1.97. The van der Waals surface area contributed by atoms with E-state index in [9.17, 15) is 9.18 Å². The third-order valence-corrected chi connectivity index (χ3v) is 3.34. The lowest BCUT2D eigenvalue weighted by molar-refractivity contribution is -0.122. The Hall–Kier alpha value is -2.36. The van der Waals surface area contributed by atoms with Crippen molar-refractivity contribution in [3.8, 4) is 5.75 Å². The molecule has 1 atom stereocenters. The number of amides is 1. The zero-order valence-corrected chi connectivity index (χ0v) is 13.0. The molecule has 0 unspecified atom stereocenters. The van der Waals surface area contributed by atoms with Crippen molar-refractivity contribution < 1.29 is 13.9 Å². The highest BCUT2D eigenvalue weighted by atomic mass is 19.1. The summed E-state index contributed by atoms with van der Waals surface area (Å²) in [4.78, 5) is 12.0. The second kappa shape index (κ2) is 7.07. The fraction of sp³-hybridized carbons (Fsp3) is 0.278. The van der Waals surface area contributed by atoms with Crippen molar-refractivity contribution in [2.75, 3.05) is 5.32 Å². The van der Waals surface area contributed by atoms with Crippen LogP contribution in [-0.2, 0) is 4.79 Å². The molecule has 2 rings (SSSR count). The van der Waals surface area contributed by atoms with Crippen molar-refractivity contribution in [1.29, 1.82) is 0 Å². The van der Waals surface area contributed by atoms with Gasteiger partial charge in [0.25, 0.3) is 5.91 Å². The quantitative estimate of drug-likeness (QED) is 0.891. The van der Waals surface area contributed by atoms with Crippen molar-refractivity contribution in [2.24, 2.45) is 0 Å². The largest absolute Gasteiger partial charge is 0.481 e. The first-order valence-corrected chi connectivity index (χ1v) is 7.29. The van der Waals surface area contributed by atoms with Gasteiger partial charge in [0.1, 0.15) is 11.6 Å². The minimum Gasteiger partial charge on any atom is -0.481 e. The molecule has 2 aromatic rings. The maximum Gasteiger partial charge on any atom is 0.265 e. The summed E-state index contributed by atoms with van der Waals surface area (Å²) in [6.07, 6.45) is -0.644. The SMILES string of the molecule is CC(C)c1ccc(O[C@@H](C)C(=O)Nc2ccc(F)cc2)cc1. The molecule has 0 aromatic heterocycles. The molecule has 0 saturated heterocycles. The molecule has 0 fully saturated rings. The zero-order valence-electron chi connectivity index (χ0n) is 13.0. The molecule has 4 heteroatoms. The lowest BCUT2D eigenvalue weighted by atomic mass is 10.0. The van der Waals surface area contributed by atoms with Crippen LogP contribution >= 0.6 is 0 Å². The number of benzene rings is 2. The van der Waals surface area contributed by atoms with Crippen LogP contribution in [0.5, 0.6) is 5.75 Å². The van der Waals surface area contributed by atoms with Crippen LogP contribution in [0.3, 0.4) is 0 Å². The number of carbonyl (C=O) groups is 1. The number of halogens is 1. The van der Waals surface area contributed by atoms with E-state index >= 15 is 0 Å². The number of rotatable bonds is 5. The molecule has 0 bridgehead atoms. The van der Waals surface area contributed by atoms with Gasteiger partial charge in [0.2, 0.25) is 0 Å². The molecular formula is C18H20FNO2. The lowest BCUT2D eigenvalue weighted by Crippen LogP contribution is -2.30. The summed E-state index contributed by atoms with van der Waals surface area (Å²) in [5, 5.41) is 2.69. The Bertz CT molecular complexity index is 621. The molecule has 0 saturated carbocycles. The molecule has 1 N–H and O–H groups in total. The fourth-order valence-corrected chi connectivity index (χ4v) is 1.97. The van der Waals surface area contributed by atoms with E-state index in [0.29, 0.717) is 17.4 Å². The van der Waals surface area contributed by atoms with Crippen molar-refractivity contribution in [1.82, 2.24) is 0 Å². The number of ether oxygens (including phenoxy) is 1.